The van der Waals surface area contributed by atoms with E-state index in [-0.39, 0.29) is 0 Å². The molecule has 0 spiro atoms. The topological polar surface area (TPSA) is 46.0 Å². The Labute approximate surface area is 116 Å². The summed E-state index contributed by atoms with van der Waals surface area (Å²) in [6.07, 6.45) is -2.91. The second-order valence-corrected chi connectivity index (χ2v) is 4.23. The molecule has 2 heterocycles. The van der Waals surface area contributed by atoms with Crippen molar-refractivity contribution in [1.82, 2.24) is 9.97 Å². The first-order chi connectivity index (χ1) is 9.71. The largest absolute Gasteiger partial charge is 0.457 e. The molecule has 0 radical (unpaired) electrons. The van der Waals surface area contributed by atoms with E-state index in [1.54, 1.807) is 0 Å². The van der Waals surface area contributed by atoms with Crippen molar-refractivity contribution in [2.75, 3.05) is 0 Å². The number of alkyl halides is 5. The Hall–Kier alpha value is -2.09. The van der Waals surface area contributed by atoms with Gasteiger partial charge in [0.1, 0.15) is 0 Å². The maximum atomic E-state index is 13.9. The monoisotopic (exact) mass is 304 g/mol. The highest BCUT2D eigenvalue weighted by Crippen LogP contribution is 2.50. The SMILES string of the molecule is OC(c1ccncc1)(c1ccccn1)C(F)(F)C(F)(F)F. The van der Waals surface area contributed by atoms with Crippen LogP contribution in [0.5, 0.6) is 0 Å². The Morgan fingerprint density at radius 1 is 0.857 bits per heavy atom. The van der Waals surface area contributed by atoms with Crippen molar-refractivity contribution < 1.29 is 27.1 Å². The van der Waals surface area contributed by atoms with Gasteiger partial charge in [-0.3, -0.25) is 9.97 Å². The molecule has 0 aliphatic heterocycles. The highest BCUT2D eigenvalue weighted by Gasteiger charge is 2.71. The normalized spacial score (nSPS) is 15.5. The van der Waals surface area contributed by atoms with Crippen LogP contribution >= 0.6 is 0 Å². The van der Waals surface area contributed by atoms with Crippen LogP contribution in [0.2, 0.25) is 0 Å². The number of pyridine rings is 2. The van der Waals surface area contributed by atoms with Crippen LogP contribution in [0.25, 0.3) is 0 Å². The van der Waals surface area contributed by atoms with Crippen molar-refractivity contribution >= 4 is 0 Å². The van der Waals surface area contributed by atoms with E-state index in [2.05, 4.69) is 9.97 Å². The summed E-state index contributed by atoms with van der Waals surface area (Å²) in [5.41, 5.74) is -5.10. The molecule has 21 heavy (non-hydrogen) atoms. The van der Waals surface area contributed by atoms with Crippen LogP contribution in [-0.2, 0) is 5.60 Å². The number of aromatic nitrogens is 2. The predicted molar refractivity (Wildman–Crippen MR) is 62.5 cm³/mol. The van der Waals surface area contributed by atoms with Crippen molar-refractivity contribution in [1.29, 1.82) is 0 Å². The molecule has 1 atom stereocenters. The van der Waals surface area contributed by atoms with Gasteiger partial charge in [-0.05, 0) is 29.8 Å². The lowest BCUT2D eigenvalue weighted by Gasteiger charge is -2.36. The molecule has 2 aromatic heterocycles. The summed E-state index contributed by atoms with van der Waals surface area (Å²) in [4.78, 5) is 7.00. The molecule has 0 amide bonds. The molecule has 8 heteroatoms. The first kappa shape index (κ1) is 15.3. The fourth-order valence-corrected chi connectivity index (χ4v) is 1.87. The molecule has 3 nitrogen and oxygen atoms in total. The zero-order chi connectivity index (χ0) is 15.7. The minimum atomic E-state index is -5.96. The van der Waals surface area contributed by atoms with Crippen LogP contribution < -0.4 is 0 Å². The van der Waals surface area contributed by atoms with E-state index in [1.807, 2.05) is 0 Å². The van der Waals surface area contributed by atoms with E-state index in [1.165, 1.54) is 12.1 Å². The molecule has 112 valence electrons. The van der Waals surface area contributed by atoms with Gasteiger partial charge in [0.2, 0.25) is 5.60 Å². The molecule has 0 fully saturated rings. The molecular formula is C13H9F5N2O. The lowest BCUT2D eigenvalue weighted by molar-refractivity contribution is -0.337. The van der Waals surface area contributed by atoms with E-state index in [0.29, 0.717) is 0 Å². The lowest BCUT2D eigenvalue weighted by atomic mass is 9.84. The zero-order valence-electron chi connectivity index (χ0n) is 10.4. The Bertz CT molecular complexity index is 561. The Kier molecular flexibility index (Phi) is 3.66. The molecule has 1 N–H and O–H groups in total. The third-order valence-electron chi connectivity index (χ3n) is 2.94. The molecule has 2 rings (SSSR count). The average molecular weight is 304 g/mol. The van der Waals surface area contributed by atoms with Crippen molar-refractivity contribution in [2.24, 2.45) is 0 Å². The number of aliphatic hydroxyl groups is 1. The maximum absolute atomic E-state index is 13.9. The van der Waals surface area contributed by atoms with Gasteiger partial charge in [-0.1, -0.05) is 6.07 Å². The average Bonchev–Trinajstić information content (AvgIpc) is 2.47. The zero-order valence-corrected chi connectivity index (χ0v) is 10.4. The van der Waals surface area contributed by atoms with Crippen LogP contribution in [0.4, 0.5) is 22.0 Å². The Morgan fingerprint density at radius 2 is 1.48 bits per heavy atom. The second-order valence-electron chi connectivity index (χ2n) is 4.23. The molecule has 1 unspecified atom stereocenters. The minimum Gasteiger partial charge on any atom is -0.373 e. The minimum absolute atomic E-state index is 0.654. The molecule has 2 aromatic rings. The predicted octanol–water partition coefficient (Wildman–Crippen LogP) is 2.91. The van der Waals surface area contributed by atoms with E-state index >= 15 is 0 Å². The van der Waals surface area contributed by atoms with Crippen molar-refractivity contribution in [3.8, 4) is 0 Å². The molecule has 0 saturated heterocycles. The Morgan fingerprint density at radius 3 is 1.95 bits per heavy atom. The third-order valence-corrected chi connectivity index (χ3v) is 2.94. The lowest BCUT2D eigenvalue weighted by Crippen LogP contribution is -2.56. The molecule has 0 aliphatic carbocycles. The van der Waals surface area contributed by atoms with E-state index in [9.17, 15) is 27.1 Å². The van der Waals surface area contributed by atoms with E-state index in [0.717, 1.165) is 36.8 Å². The second kappa shape index (κ2) is 5.03. The fourth-order valence-electron chi connectivity index (χ4n) is 1.87. The summed E-state index contributed by atoms with van der Waals surface area (Å²) in [6.45, 7) is 0. The molecule has 0 bridgehead atoms. The van der Waals surface area contributed by atoms with E-state index in [4.69, 9.17) is 0 Å². The van der Waals surface area contributed by atoms with Crippen LogP contribution in [0.3, 0.4) is 0 Å². The number of hydrogen-bond donors (Lipinski definition) is 1. The first-order valence-corrected chi connectivity index (χ1v) is 5.70. The molecular weight excluding hydrogens is 295 g/mol. The van der Waals surface area contributed by atoms with Gasteiger partial charge in [-0.15, -0.1) is 0 Å². The van der Waals surface area contributed by atoms with Gasteiger partial charge in [0.15, 0.2) is 0 Å². The molecule has 0 saturated carbocycles. The smallest absolute Gasteiger partial charge is 0.373 e. The van der Waals surface area contributed by atoms with Gasteiger partial charge in [-0.2, -0.15) is 22.0 Å². The van der Waals surface area contributed by atoms with Gasteiger partial charge in [0, 0.05) is 18.6 Å². The third kappa shape index (κ3) is 2.35. The Balaban J connectivity index is 2.73. The van der Waals surface area contributed by atoms with Crippen LogP contribution in [-0.4, -0.2) is 27.2 Å². The first-order valence-electron chi connectivity index (χ1n) is 5.70. The maximum Gasteiger partial charge on any atom is 0.457 e. The van der Waals surface area contributed by atoms with Gasteiger partial charge in [-0.25, -0.2) is 0 Å². The van der Waals surface area contributed by atoms with Crippen LogP contribution in [0.1, 0.15) is 11.3 Å². The van der Waals surface area contributed by atoms with Crippen LogP contribution in [0.15, 0.2) is 48.9 Å². The van der Waals surface area contributed by atoms with Gasteiger partial charge >= 0.3 is 12.1 Å². The summed E-state index contributed by atoms with van der Waals surface area (Å²) in [7, 11) is 0. The molecule has 0 aliphatic rings. The fraction of sp³-hybridized carbons (Fsp3) is 0.231. The van der Waals surface area contributed by atoms with Crippen molar-refractivity contribution in [3.63, 3.8) is 0 Å². The van der Waals surface area contributed by atoms with Gasteiger partial charge < -0.3 is 5.11 Å². The summed E-state index contributed by atoms with van der Waals surface area (Å²) < 4.78 is 66.1. The number of nitrogens with zero attached hydrogens (tertiary/aromatic N) is 2. The van der Waals surface area contributed by atoms with Crippen LogP contribution in [0, 0.1) is 0 Å². The van der Waals surface area contributed by atoms with Crippen molar-refractivity contribution in [3.05, 3.63) is 60.2 Å². The molecule has 0 aromatic carbocycles. The number of halogens is 5. The van der Waals surface area contributed by atoms with Crippen molar-refractivity contribution in [2.45, 2.75) is 17.7 Å². The van der Waals surface area contributed by atoms with E-state index < -0.39 is 29.0 Å². The summed E-state index contributed by atoms with van der Waals surface area (Å²) in [5.74, 6) is -5.43. The summed E-state index contributed by atoms with van der Waals surface area (Å²) in [5, 5.41) is 10.3. The number of rotatable bonds is 3. The van der Waals surface area contributed by atoms with Gasteiger partial charge in [0.05, 0.1) is 5.69 Å². The highest BCUT2D eigenvalue weighted by atomic mass is 19.4. The van der Waals surface area contributed by atoms with Gasteiger partial charge in [0.25, 0.3) is 0 Å². The quantitative estimate of drug-likeness (QED) is 0.887. The summed E-state index contributed by atoms with van der Waals surface area (Å²) >= 11 is 0. The summed E-state index contributed by atoms with van der Waals surface area (Å²) in [6, 6.07) is 5.21. The highest BCUT2D eigenvalue weighted by molar-refractivity contribution is 5.35. The number of hydrogen-bond acceptors (Lipinski definition) is 3. The standard InChI is InChI=1S/C13H9F5N2O/c14-12(15,13(16,17)18)11(21,9-4-7-19-8-5-9)10-3-1-2-6-20-10/h1-8,21H.